The number of amides is 2. The highest BCUT2D eigenvalue weighted by Gasteiger charge is 2.49. The number of rotatable bonds is 2. The lowest BCUT2D eigenvalue weighted by Gasteiger charge is -2.49. The van der Waals surface area contributed by atoms with Crippen molar-refractivity contribution < 1.29 is 9.59 Å². The van der Waals surface area contributed by atoms with Gasteiger partial charge in [0.1, 0.15) is 12.6 Å². The number of H-pyrrole nitrogens is 1. The van der Waals surface area contributed by atoms with E-state index in [-0.39, 0.29) is 30.4 Å². The smallest absolute Gasteiger partial charge is 0.246 e. The molecule has 5 heteroatoms. The second kappa shape index (κ2) is 7.51. The molecule has 2 aromatic carbocycles. The van der Waals surface area contributed by atoms with Crippen molar-refractivity contribution >= 4 is 22.7 Å². The first-order chi connectivity index (χ1) is 15.6. The van der Waals surface area contributed by atoms with Crippen LogP contribution in [0, 0.1) is 6.92 Å². The van der Waals surface area contributed by atoms with Gasteiger partial charge in [0.2, 0.25) is 11.8 Å². The summed E-state index contributed by atoms with van der Waals surface area (Å²) in [6, 6.07) is 16.1. The fraction of sp³-hybridized carbons (Fsp3) is 0.407. The maximum atomic E-state index is 13.8. The van der Waals surface area contributed by atoms with Crippen molar-refractivity contribution in [3.05, 3.63) is 70.9 Å². The van der Waals surface area contributed by atoms with Crippen molar-refractivity contribution in [1.82, 2.24) is 14.8 Å². The summed E-state index contributed by atoms with van der Waals surface area (Å²) in [4.78, 5) is 34.9. The van der Waals surface area contributed by atoms with Crippen LogP contribution in [0.25, 0.3) is 10.9 Å². The molecular weight excluding hydrogens is 398 g/mol. The number of hydrogen-bond acceptors (Lipinski definition) is 2. The Morgan fingerprint density at radius 3 is 2.59 bits per heavy atom. The molecule has 1 saturated heterocycles. The summed E-state index contributed by atoms with van der Waals surface area (Å²) in [5.74, 6) is 0.195. The summed E-state index contributed by atoms with van der Waals surface area (Å²) in [5.41, 5.74) is 5.52. The molecule has 0 radical (unpaired) electrons. The number of aryl methyl sites for hydroxylation is 1. The maximum absolute atomic E-state index is 13.8. The fourth-order valence-corrected chi connectivity index (χ4v) is 6.17. The van der Waals surface area contributed by atoms with E-state index in [1.165, 1.54) is 12.0 Å². The second-order valence-corrected chi connectivity index (χ2v) is 9.66. The lowest BCUT2D eigenvalue weighted by molar-refractivity contribution is -0.161. The Morgan fingerprint density at radius 1 is 0.969 bits per heavy atom. The van der Waals surface area contributed by atoms with Gasteiger partial charge in [-0.2, -0.15) is 0 Å². The first kappa shape index (κ1) is 19.6. The van der Waals surface area contributed by atoms with Crippen LogP contribution in [0.4, 0.5) is 0 Å². The molecule has 6 rings (SSSR count). The SMILES string of the molecule is Cc1cccc([C@H]2c3[nH]c4ccccc4c3C[C@H]3C(=O)N(C4CCCCC4)CC(=O)N23)c1. The summed E-state index contributed by atoms with van der Waals surface area (Å²) < 4.78 is 0. The van der Waals surface area contributed by atoms with Gasteiger partial charge in [0, 0.05) is 29.1 Å². The number of aromatic amines is 1. The summed E-state index contributed by atoms with van der Waals surface area (Å²) >= 11 is 0. The predicted octanol–water partition coefficient (Wildman–Crippen LogP) is 4.49. The molecule has 0 unspecified atom stereocenters. The number of carbonyl (C=O) groups excluding carboxylic acids is 2. The van der Waals surface area contributed by atoms with E-state index in [0.29, 0.717) is 6.42 Å². The summed E-state index contributed by atoms with van der Waals surface area (Å²) in [6.45, 7) is 2.28. The Bertz CT molecular complexity index is 1210. The Hall–Kier alpha value is -3.08. The van der Waals surface area contributed by atoms with Crippen molar-refractivity contribution in [3.8, 4) is 0 Å². The minimum Gasteiger partial charge on any atom is -0.356 e. The van der Waals surface area contributed by atoms with E-state index >= 15 is 0 Å². The van der Waals surface area contributed by atoms with Crippen molar-refractivity contribution in [3.63, 3.8) is 0 Å². The van der Waals surface area contributed by atoms with E-state index in [0.717, 1.165) is 53.4 Å². The molecule has 3 aromatic rings. The summed E-state index contributed by atoms with van der Waals surface area (Å²) in [7, 11) is 0. The molecule has 0 bridgehead atoms. The highest BCUT2D eigenvalue weighted by molar-refractivity contribution is 5.97. The molecule has 1 aliphatic carbocycles. The lowest BCUT2D eigenvalue weighted by atomic mass is 9.84. The van der Waals surface area contributed by atoms with Crippen molar-refractivity contribution in [2.75, 3.05) is 6.54 Å². The van der Waals surface area contributed by atoms with Gasteiger partial charge >= 0.3 is 0 Å². The largest absolute Gasteiger partial charge is 0.356 e. The average Bonchev–Trinajstić information content (AvgIpc) is 3.19. The predicted molar refractivity (Wildman–Crippen MR) is 124 cm³/mol. The summed E-state index contributed by atoms with van der Waals surface area (Å²) in [5, 5.41) is 1.16. The molecule has 2 aliphatic heterocycles. The minimum atomic E-state index is -0.435. The second-order valence-electron chi connectivity index (χ2n) is 9.66. The zero-order chi connectivity index (χ0) is 21.8. The van der Waals surface area contributed by atoms with Crippen LogP contribution in [0.3, 0.4) is 0 Å². The van der Waals surface area contributed by atoms with E-state index in [1.54, 1.807) is 0 Å². The molecule has 1 N–H and O–H groups in total. The molecule has 3 aliphatic rings. The van der Waals surface area contributed by atoms with Gasteiger partial charge in [-0.1, -0.05) is 67.3 Å². The number of piperazine rings is 1. The third kappa shape index (κ3) is 2.98. The monoisotopic (exact) mass is 427 g/mol. The number of hydrogen-bond donors (Lipinski definition) is 1. The zero-order valence-corrected chi connectivity index (χ0v) is 18.5. The third-order valence-electron chi connectivity index (χ3n) is 7.67. The van der Waals surface area contributed by atoms with Crippen LogP contribution >= 0.6 is 0 Å². The Morgan fingerprint density at radius 2 is 1.78 bits per heavy atom. The van der Waals surface area contributed by atoms with E-state index < -0.39 is 6.04 Å². The van der Waals surface area contributed by atoms with E-state index in [4.69, 9.17) is 0 Å². The lowest BCUT2D eigenvalue weighted by Crippen LogP contribution is -2.65. The number of fused-ring (bicyclic) bond motifs is 4. The van der Waals surface area contributed by atoms with Gasteiger partial charge in [0.15, 0.2) is 0 Å². The van der Waals surface area contributed by atoms with E-state index in [9.17, 15) is 9.59 Å². The number of nitrogens with one attached hydrogen (secondary N) is 1. The Kier molecular flexibility index (Phi) is 4.60. The number of carbonyl (C=O) groups is 2. The molecule has 1 saturated carbocycles. The standard InChI is InChI=1S/C27H29N3O2/c1-17-8-7-9-18(14-17)26-25-21(20-12-5-6-13-22(20)28-25)15-23-27(32)29(16-24(31)30(23)26)19-10-3-2-4-11-19/h5-9,12-14,19,23,26,28H,2-4,10-11,15-16H2,1H3/t23-,26-/m0/s1. The highest BCUT2D eigenvalue weighted by atomic mass is 16.2. The first-order valence-corrected chi connectivity index (χ1v) is 11.9. The van der Waals surface area contributed by atoms with Crippen LogP contribution in [0.2, 0.25) is 0 Å². The van der Waals surface area contributed by atoms with Gasteiger partial charge in [-0.3, -0.25) is 9.59 Å². The fourth-order valence-electron chi connectivity index (χ4n) is 6.17. The molecule has 32 heavy (non-hydrogen) atoms. The molecule has 5 nitrogen and oxygen atoms in total. The van der Waals surface area contributed by atoms with Crippen LogP contribution in [0.1, 0.15) is 60.5 Å². The van der Waals surface area contributed by atoms with Crippen molar-refractivity contribution in [2.24, 2.45) is 0 Å². The number of benzene rings is 2. The van der Waals surface area contributed by atoms with Gasteiger partial charge in [0.25, 0.3) is 0 Å². The molecular formula is C27H29N3O2. The van der Waals surface area contributed by atoms with Crippen LogP contribution in [-0.4, -0.2) is 45.2 Å². The van der Waals surface area contributed by atoms with Crippen LogP contribution in [-0.2, 0) is 16.0 Å². The topological polar surface area (TPSA) is 56.4 Å². The third-order valence-corrected chi connectivity index (χ3v) is 7.67. The number of aromatic nitrogens is 1. The van der Waals surface area contributed by atoms with Crippen LogP contribution in [0.5, 0.6) is 0 Å². The number of para-hydroxylation sites is 1. The van der Waals surface area contributed by atoms with Gasteiger partial charge in [-0.15, -0.1) is 0 Å². The molecule has 164 valence electrons. The Balaban J connectivity index is 1.49. The van der Waals surface area contributed by atoms with E-state index in [1.807, 2.05) is 28.0 Å². The summed E-state index contributed by atoms with van der Waals surface area (Å²) in [6.07, 6.45) is 6.15. The van der Waals surface area contributed by atoms with Gasteiger partial charge < -0.3 is 14.8 Å². The maximum Gasteiger partial charge on any atom is 0.246 e. The minimum absolute atomic E-state index is 0.0657. The zero-order valence-electron chi connectivity index (χ0n) is 18.5. The van der Waals surface area contributed by atoms with Crippen molar-refractivity contribution in [2.45, 2.75) is 63.6 Å². The molecule has 2 atom stereocenters. The quantitative estimate of drug-likeness (QED) is 0.655. The van der Waals surface area contributed by atoms with Crippen LogP contribution in [0.15, 0.2) is 48.5 Å². The highest BCUT2D eigenvalue weighted by Crippen LogP contribution is 2.43. The van der Waals surface area contributed by atoms with Crippen molar-refractivity contribution in [1.29, 1.82) is 0 Å². The molecule has 1 aromatic heterocycles. The van der Waals surface area contributed by atoms with Gasteiger partial charge in [-0.05, 0) is 37.0 Å². The van der Waals surface area contributed by atoms with Gasteiger partial charge in [-0.25, -0.2) is 0 Å². The van der Waals surface area contributed by atoms with Gasteiger partial charge in [0.05, 0.1) is 6.04 Å². The normalized spacial score (nSPS) is 24.0. The number of nitrogens with zero attached hydrogens (tertiary/aromatic N) is 2. The van der Waals surface area contributed by atoms with Crippen LogP contribution < -0.4 is 0 Å². The molecule has 3 heterocycles. The molecule has 0 spiro atoms. The Labute approximate surface area is 188 Å². The van der Waals surface area contributed by atoms with E-state index in [2.05, 4.69) is 42.2 Å². The average molecular weight is 428 g/mol. The first-order valence-electron chi connectivity index (χ1n) is 11.9. The molecule has 2 fully saturated rings. The molecule has 2 amide bonds.